The number of esters is 1. The van der Waals surface area contributed by atoms with Crippen LogP contribution >= 0.6 is 0 Å². The highest BCUT2D eigenvalue weighted by atomic mass is 16.5. The molecule has 1 heterocycles. The first-order valence-electron chi connectivity index (χ1n) is 7.47. The zero-order valence-corrected chi connectivity index (χ0v) is 13.4. The lowest BCUT2D eigenvalue weighted by Crippen LogP contribution is -2.32. The summed E-state index contributed by atoms with van der Waals surface area (Å²) < 4.78 is 10.9. The quantitative estimate of drug-likeness (QED) is 0.543. The minimum absolute atomic E-state index is 0.298. The van der Waals surface area contributed by atoms with Crippen LogP contribution in [0.1, 0.15) is 6.42 Å². The van der Waals surface area contributed by atoms with Crippen molar-refractivity contribution in [3.63, 3.8) is 0 Å². The summed E-state index contributed by atoms with van der Waals surface area (Å²) in [6.07, 6.45) is 1.96. The van der Waals surface area contributed by atoms with Gasteiger partial charge in [0.05, 0.1) is 17.2 Å². The Hall–Kier alpha value is -2.74. The van der Waals surface area contributed by atoms with Crippen molar-refractivity contribution in [2.75, 3.05) is 26.9 Å². The average molecular weight is 333 g/mol. The van der Waals surface area contributed by atoms with Crippen molar-refractivity contribution >= 4 is 22.8 Å². The zero-order valence-electron chi connectivity index (χ0n) is 13.4. The van der Waals surface area contributed by atoms with Gasteiger partial charge in [-0.2, -0.15) is 0 Å². The van der Waals surface area contributed by atoms with Gasteiger partial charge in [0.1, 0.15) is 6.54 Å². The van der Waals surface area contributed by atoms with Gasteiger partial charge in [-0.25, -0.2) is 4.98 Å². The van der Waals surface area contributed by atoms with Gasteiger partial charge in [-0.15, -0.1) is 0 Å². The lowest BCUT2D eigenvalue weighted by atomic mass is 10.2. The van der Waals surface area contributed by atoms with Gasteiger partial charge in [0, 0.05) is 20.3 Å². The fraction of sp³-hybridized carbons (Fsp3) is 0.375. The number of hydrogen-bond donors (Lipinski definition) is 1. The lowest BCUT2D eigenvalue weighted by Gasteiger charge is -2.08. The van der Waals surface area contributed by atoms with Crippen LogP contribution in [-0.4, -0.2) is 48.3 Å². The molecule has 2 rings (SSSR count). The highest BCUT2D eigenvalue weighted by Gasteiger charge is 2.10. The van der Waals surface area contributed by atoms with E-state index in [9.17, 15) is 14.4 Å². The molecule has 0 radical (unpaired) electrons. The van der Waals surface area contributed by atoms with E-state index in [4.69, 9.17) is 9.47 Å². The Balaban J connectivity index is 1.85. The third-order valence-corrected chi connectivity index (χ3v) is 3.24. The number of rotatable bonds is 8. The number of aromatic nitrogens is 2. The third-order valence-electron chi connectivity index (χ3n) is 3.24. The first-order valence-corrected chi connectivity index (χ1v) is 7.47. The molecule has 0 saturated heterocycles. The molecule has 8 nitrogen and oxygen atoms in total. The molecule has 0 aliphatic carbocycles. The number of methoxy groups -OCH3 is 1. The van der Waals surface area contributed by atoms with Gasteiger partial charge in [0.2, 0.25) is 0 Å². The second kappa shape index (κ2) is 8.78. The Morgan fingerprint density at radius 3 is 2.88 bits per heavy atom. The molecule has 1 amide bonds. The van der Waals surface area contributed by atoms with Gasteiger partial charge in [-0.3, -0.25) is 19.0 Å². The van der Waals surface area contributed by atoms with Crippen LogP contribution in [0.5, 0.6) is 0 Å². The monoisotopic (exact) mass is 333 g/mol. The maximum absolute atomic E-state index is 12.2. The molecule has 24 heavy (non-hydrogen) atoms. The number of hydrogen-bond acceptors (Lipinski definition) is 6. The van der Waals surface area contributed by atoms with Gasteiger partial charge in [0.15, 0.2) is 6.61 Å². The van der Waals surface area contributed by atoms with Crippen LogP contribution in [-0.2, 0) is 25.6 Å². The van der Waals surface area contributed by atoms with Crippen molar-refractivity contribution in [1.29, 1.82) is 0 Å². The number of carbonyl (C=O) groups is 2. The third kappa shape index (κ3) is 4.88. The van der Waals surface area contributed by atoms with E-state index in [1.165, 1.54) is 6.33 Å². The maximum Gasteiger partial charge on any atom is 0.326 e. The molecular formula is C16H19N3O5. The summed E-state index contributed by atoms with van der Waals surface area (Å²) in [7, 11) is 1.58. The molecule has 0 bridgehead atoms. The molecule has 0 fully saturated rings. The summed E-state index contributed by atoms with van der Waals surface area (Å²) in [5.74, 6) is -1.08. The number of nitrogens with zero attached hydrogens (tertiary/aromatic N) is 2. The van der Waals surface area contributed by atoms with Crippen LogP contribution < -0.4 is 10.9 Å². The zero-order chi connectivity index (χ0) is 17.4. The van der Waals surface area contributed by atoms with E-state index in [-0.39, 0.29) is 18.7 Å². The van der Waals surface area contributed by atoms with Crippen molar-refractivity contribution in [1.82, 2.24) is 14.9 Å². The van der Waals surface area contributed by atoms with Gasteiger partial charge < -0.3 is 14.8 Å². The summed E-state index contributed by atoms with van der Waals surface area (Å²) in [5, 5.41) is 3.02. The van der Waals surface area contributed by atoms with Crippen molar-refractivity contribution in [2.24, 2.45) is 0 Å². The van der Waals surface area contributed by atoms with Crippen LogP contribution in [0.3, 0.4) is 0 Å². The lowest BCUT2D eigenvalue weighted by molar-refractivity contribution is -0.149. The molecule has 2 aromatic rings. The number of ether oxygens (including phenoxy) is 2. The largest absolute Gasteiger partial charge is 0.454 e. The van der Waals surface area contributed by atoms with E-state index in [1.54, 1.807) is 31.4 Å². The smallest absolute Gasteiger partial charge is 0.326 e. The van der Waals surface area contributed by atoms with E-state index in [0.29, 0.717) is 30.5 Å². The van der Waals surface area contributed by atoms with Crippen LogP contribution in [0.15, 0.2) is 35.4 Å². The molecule has 0 aliphatic rings. The number of fused-ring (bicyclic) bond motifs is 1. The molecule has 0 aliphatic heterocycles. The van der Waals surface area contributed by atoms with Crippen LogP contribution in [0.25, 0.3) is 10.9 Å². The molecular weight excluding hydrogens is 314 g/mol. The van der Waals surface area contributed by atoms with E-state index < -0.39 is 11.9 Å². The molecule has 1 N–H and O–H groups in total. The Morgan fingerprint density at radius 2 is 2.08 bits per heavy atom. The van der Waals surface area contributed by atoms with Gasteiger partial charge in [0.25, 0.3) is 11.5 Å². The topological polar surface area (TPSA) is 99.5 Å². The Kier molecular flexibility index (Phi) is 6.44. The fourth-order valence-electron chi connectivity index (χ4n) is 2.04. The summed E-state index contributed by atoms with van der Waals surface area (Å²) in [6.45, 7) is 0.297. The molecule has 128 valence electrons. The number of para-hydroxylation sites is 1. The van der Waals surface area contributed by atoms with Crippen LogP contribution in [0.2, 0.25) is 0 Å². The summed E-state index contributed by atoms with van der Waals surface area (Å²) in [4.78, 5) is 39.6. The molecule has 1 aromatic heterocycles. The van der Waals surface area contributed by atoms with Crippen molar-refractivity contribution < 1.29 is 19.1 Å². The van der Waals surface area contributed by atoms with E-state index in [0.717, 1.165) is 4.57 Å². The average Bonchev–Trinajstić information content (AvgIpc) is 2.59. The number of amides is 1. The maximum atomic E-state index is 12.2. The highest BCUT2D eigenvalue weighted by Crippen LogP contribution is 2.04. The minimum Gasteiger partial charge on any atom is -0.454 e. The number of carbonyl (C=O) groups excluding carboxylic acids is 2. The summed E-state index contributed by atoms with van der Waals surface area (Å²) >= 11 is 0. The molecule has 0 unspecified atom stereocenters. The number of benzene rings is 1. The normalized spacial score (nSPS) is 10.5. The Bertz CT molecular complexity index is 772. The molecule has 0 spiro atoms. The minimum atomic E-state index is -0.679. The van der Waals surface area contributed by atoms with Crippen LogP contribution in [0.4, 0.5) is 0 Å². The van der Waals surface area contributed by atoms with E-state index in [2.05, 4.69) is 10.3 Å². The number of nitrogens with one attached hydrogen (secondary N) is 1. The van der Waals surface area contributed by atoms with Crippen molar-refractivity contribution in [3.8, 4) is 0 Å². The molecule has 8 heteroatoms. The van der Waals surface area contributed by atoms with Crippen molar-refractivity contribution in [2.45, 2.75) is 13.0 Å². The Labute approximate surface area is 138 Å². The first-order chi connectivity index (χ1) is 11.6. The first kappa shape index (κ1) is 17.6. The second-order valence-electron chi connectivity index (χ2n) is 5.05. The van der Waals surface area contributed by atoms with Gasteiger partial charge >= 0.3 is 5.97 Å². The fourth-order valence-corrected chi connectivity index (χ4v) is 2.04. The predicted octanol–water partition coefficient (Wildman–Crippen LogP) is 0.0924. The van der Waals surface area contributed by atoms with Gasteiger partial charge in [-0.05, 0) is 18.6 Å². The predicted molar refractivity (Wildman–Crippen MR) is 86.5 cm³/mol. The van der Waals surface area contributed by atoms with Gasteiger partial charge in [-0.1, -0.05) is 12.1 Å². The molecule has 0 saturated carbocycles. The van der Waals surface area contributed by atoms with Crippen LogP contribution in [0, 0.1) is 0 Å². The van der Waals surface area contributed by atoms with Crippen molar-refractivity contribution in [3.05, 3.63) is 40.9 Å². The summed E-state index contributed by atoms with van der Waals surface area (Å²) in [6, 6.07) is 6.86. The highest BCUT2D eigenvalue weighted by molar-refractivity contribution is 5.81. The SMILES string of the molecule is COCCCNC(=O)COC(=O)Cn1cnc2ccccc2c1=O. The van der Waals surface area contributed by atoms with E-state index >= 15 is 0 Å². The molecule has 1 aromatic carbocycles. The molecule has 0 atom stereocenters. The summed E-state index contributed by atoms with van der Waals surface area (Å²) in [5.41, 5.74) is 0.226. The standard InChI is InChI=1S/C16H19N3O5/c1-23-8-4-7-17-14(20)10-24-15(21)9-19-11-18-13-6-3-2-5-12(13)16(19)22/h2-3,5-6,11H,4,7-10H2,1H3,(H,17,20). The van der Waals surface area contributed by atoms with E-state index in [1.807, 2.05) is 0 Å². The Morgan fingerprint density at radius 1 is 1.29 bits per heavy atom. The second-order valence-corrected chi connectivity index (χ2v) is 5.05.